The summed E-state index contributed by atoms with van der Waals surface area (Å²) in [6.45, 7) is 1.28. The van der Waals surface area contributed by atoms with Gasteiger partial charge in [0.2, 0.25) is 0 Å². The molecule has 2 heterocycles. The number of carbonyl (C=O) groups excluding carboxylic acids is 1. The molecule has 1 aliphatic heterocycles. The highest BCUT2D eigenvalue weighted by Crippen LogP contribution is 2.42. The molecule has 0 aliphatic carbocycles. The first-order valence-electron chi connectivity index (χ1n) is 8.40. The van der Waals surface area contributed by atoms with Crippen molar-refractivity contribution >= 4 is 45.1 Å². The Kier molecular flexibility index (Phi) is 5.96. The number of nitrogens with one attached hydrogen (secondary N) is 1. The van der Waals surface area contributed by atoms with Gasteiger partial charge in [-0.3, -0.25) is 4.79 Å². The van der Waals surface area contributed by atoms with Gasteiger partial charge in [-0.25, -0.2) is 14.4 Å². The molecule has 0 saturated heterocycles. The second kappa shape index (κ2) is 8.03. The molecule has 1 aromatic heterocycles. The zero-order valence-corrected chi connectivity index (χ0v) is 17.6. The number of nitrogens with zero attached hydrogens (tertiary/aromatic N) is 2. The van der Waals surface area contributed by atoms with Crippen molar-refractivity contribution in [3.8, 4) is 0 Å². The number of pyridine rings is 1. The number of hydrogen-bond donors (Lipinski definition) is 2. The molecule has 0 spiro atoms. The topological polar surface area (TPSA) is 89.6 Å². The molecule has 160 valence electrons. The fraction of sp³-hybridized carbons (Fsp3) is 0.278. The molecular weight excluding hydrogens is 496 g/mol. The number of aliphatic imine (C=N–C) groups is 1. The lowest BCUT2D eigenvalue weighted by atomic mass is 9.85. The van der Waals surface area contributed by atoms with E-state index in [1.165, 1.54) is 19.2 Å². The van der Waals surface area contributed by atoms with E-state index in [2.05, 4.69) is 36.0 Å². The SMILES string of the molecule is CC1(c2cc(NC(=O)c3ccc(Br)cn3)cc(Cl)c2F)CC(C(F)(F)F)OC(N)=N1. The average Bonchev–Trinajstić information content (AvgIpc) is 2.63. The first kappa shape index (κ1) is 22.3. The Hall–Kier alpha value is -2.40. The number of rotatable bonds is 3. The fourth-order valence-corrected chi connectivity index (χ4v) is 3.43. The van der Waals surface area contributed by atoms with Crippen molar-refractivity contribution in [1.82, 2.24) is 4.98 Å². The smallest absolute Gasteiger partial charge is 0.425 e. The van der Waals surface area contributed by atoms with Crippen LogP contribution < -0.4 is 11.1 Å². The molecule has 3 N–H and O–H groups in total. The number of anilines is 1. The third kappa shape index (κ3) is 4.67. The van der Waals surface area contributed by atoms with E-state index in [0.29, 0.717) is 4.47 Å². The number of amides is 1. The van der Waals surface area contributed by atoms with Crippen molar-refractivity contribution < 1.29 is 27.1 Å². The lowest BCUT2D eigenvalue weighted by Crippen LogP contribution is -2.46. The highest BCUT2D eigenvalue weighted by atomic mass is 79.9. The summed E-state index contributed by atoms with van der Waals surface area (Å²) in [5.74, 6) is -1.59. The van der Waals surface area contributed by atoms with Crippen molar-refractivity contribution in [1.29, 1.82) is 0 Å². The number of alkyl halides is 3. The van der Waals surface area contributed by atoms with E-state index >= 15 is 0 Å². The number of carbonyl (C=O) groups is 1. The highest BCUT2D eigenvalue weighted by molar-refractivity contribution is 9.10. The molecule has 2 aromatic rings. The zero-order valence-electron chi connectivity index (χ0n) is 15.2. The molecule has 2 atom stereocenters. The van der Waals surface area contributed by atoms with E-state index in [1.54, 1.807) is 6.07 Å². The van der Waals surface area contributed by atoms with Crippen molar-refractivity contribution in [2.45, 2.75) is 31.2 Å². The van der Waals surface area contributed by atoms with E-state index < -0.39 is 47.0 Å². The molecule has 0 fully saturated rings. The van der Waals surface area contributed by atoms with Gasteiger partial charge in [-0.2, -0.15) is 13.2 Å². The van der Waals surface area contributed by atoms with Crippen LogP contribution in [0.4, 0.5) is 23.2 Å². The summed E-state index contributed by atoms with van der Waals surface area (Å²) in [7, 11) is 0. The third-order valence-electron chi connectivity index (χ3n) is 4.39. The second-order valence-corrected chi connectivity index (χ2v) is 8.03. The second-order valence-electron chi connectivity index (χ2n) is 6.71. The Morgan fingerprint density at radius 3 is 2.70 bits per heavy atom. The van der Waals surface area contributed by atoms with Crippen LogP contribution in [-0.4, -0.2) is 29.2 Å². The molecular formula is C18H14BrClF4N4O2. The zero-order chi connectivity index (χ0) is 22.3. The Bertz CT molecular complexity index is 1020. The lowest BCUT2D eigenvalue weighted by Gasteiger charge is -2.36. The predicted molar refractivity (Wildman–Crippen MR) is 106 cm³/mol. The van der Waals surface area contributed by atoms with Gasteiger partial charge in [0, 0.05) is 28.3 Å². The molecule has 0 radical (unpaired) electrons. The number of nitrogens with two attached hydrogens (primary N) is 1. The van der Waals surface area contributed by atoms with Gasteiger partial charge in [-0.15, -0.1) is 0 Å². The minimum atomic E-state index is -4.73. The van der Waals surface area contributed by atoms with Gasteiger partial charge in [0.1, 0.15) is 11.5 Å². The Balaban J connectivity index is 1.97. The highest BCUT2D eigenvalue weighted by Gasteiger charge is 2.50. The summed E-state index contributed by atoms with van der Waals surface area (Å²) in [5, 5.41) is 2.09. The minimum absolute atomic E-state index is 0.0520. The number of halogens is 6. The Morgan fingerprint density at radius 2 is 2.10 bits per heavy atom. The van der Waals surface area contributed by atoms with Crippen molar-refractivity contribution in [2.24, 2.45) is 10.7 Å². The molecule has 6 nitrogen and oxygen atoms in total. The van der Waals surface area contributed by atoms with Crippen LogP contribution in [0.5, 0.6) is 0 Å². The van der Waals surface area contributed by atoms with Gasteiger partial charge in [0.05, 0.1) is 10.6 Å². The van der Waals surface area contributed by atoms with E-state index in [9.17, 15) is 22.4 Å². The minimum Gasteiger partial charge on any atom is -0.452 e. The number of amidine groups is 1. The van der Waals surface area contributed by atoms with Crippen LogP contribution in [0, 0.1) is 5.82 Å². The predicted octanol–water partition coefficient (Wildman–Crippen LogP) is 4.77. The maximum atomic E-state index is 14.8. The summed E-state index contributed by atoms with van der Waals surface area (Å²) in [6.07, 6.45) is -6.32. The average molecular weight is 510 g/mol. The monoisotopic (exact) mass is 508 g/mol. The maximum absolute atomic E-state index is 14.8. The third-order valence-corrected chi connectivity index (χ3v) is 5.14. The van der Waals surface area contributed by atoms with Crippen LogP contribution in [0.25, 0.3) is 0 Å². The van der Waals surface area contributed by atoms with Crippen LogP contribution in [0.3, 0.4) is 0 Å². The normalized spacial score (nSPS) is 21.6. The van der Waals surface area contributed by atoms with Crippen molar-refractivity contribution in [3.05, 3.63) is 57.0 Å². The molecule has 2 unspecified atom stereocenters. The first-order valence-corrected chi connectivity index (χ1v) is 9.57. The number of aromatic nitrogens is 1. The van der Waals surface area contributed by atoms with Crippen LogP contribution in [0.1, 0.15) is 29.4 Å². The molecule has 12 heteroatoms. The Morgan fingerprint density at radius 1 is 1.40 bits per heavy atom. The van der Waals surface area contributed by atoms with Crippen LogP contribution in [0.2, 0.25) is 5.02 Å². The molecule has 0 saturated carbocycles. The van der Waals surface area contributed by atoms with Crippen molar-refractivity contribution in [2.75, 3.05) is 5.32 Å². The summed E-state index contributed by atoms with van der Waals surface area (Å²) in [6, 6.07) is 4.62. The van der Waals surface area contributed by atoms with E-state index in [4.69, 9.17) is 17.3 Å². The standard InChI is InChI=1S/C18H14BrClF4N4O2/c1-17(6-13(18(22,23)24)30-16(25)28-17)10-4-9(5-11(20)14(10)21)27-15(29)12-3-2-8(19)7-26-12/h2-5,7,13H,6H2,1H3,(H2,25,28)(H,27,29). The largest absolute Gasteiger partial charge is 0.452 e. The molecule has 3 rings (SSSR count). The molecule has 1 aromatic carbocycles. The summed E-state index contributed by atoms with van der Waals surface area (Å²) in [4.78, 5) is 20.2. The van der Waals surface area contributed by atoms with Crippen LogP contribution >= 0.6 is 27.5 Å². The van der Waals surface area contributed by atoms with E-state index in [1.807, 2.05) is 0 Å². The van der Waals surface area contributed by atoms with E-state index in [-0.39, 0.29) is 16.9 Å². The van der Waals surface area contributed by atoms with Crippen LogP contribution in [0.15, 0.2) is 39.9 Å². The summed E-state index contributed by atoms with van der Waals surface area (Å²) >= 11 is 9.13. The van der Waals surface area contributed by atoms with Gasteiger partial charge >= 0.3 is 6.18 Å². The van der Waals surface area contributed by atoms with Crippen molar-refractivity contribution in [3.63, 3.8) is 0 Å². The quantitative estimate of drug-likeness (QED) is 0.584. The molecule has 1 amide bonds. The first-order chi connectivity index (χ1) is 13.9. The van der Waals surface area contributed by atoms with Crippen LogP contribution in [-0.2, 0) is 10.3 Å². The summed E-state index contributed by atoms with van der Waals surface area (Å²) < 4.78 is 59.6. The Labute approximate surface area is 181 Å². The number of benzene rings is 1. The maximum Gasteiger partial charge on any atom is 0.425 e. The lowest BCUT2D eigenvalue weighted by molar-refractivity contribution is -0.208. The number of ether oxygens (including phenoxy) is 1. The van der Waals surface area contributed by atoms with Gasteiger partial charge in [-0.1, -0.05) is 11.6 Å². The van der Waals surface area contributed by atoms with Gasteiger partial charge in [0.15, 0.2) is 6.10 Å². The van der Waals surface area contributed by atoms with Gasteiger partial charge in [0.25, 0.3) is 11.9 Å². The number of hydrogen-bond acceptors (Lipinski definition) is 5. The van der Waals surface area contributed by atoms with E-state index in [0.717, 1.165) is 12.1 Å². The molecule has 0 bridgehead atoms. The fourth-order valence-electron chi connectivity index (χ4n) is 2.97. The molecule has 30 heavy (non-hydrogen) atoms. The van der Waals surface area contributed by atoms with Gasteiger partial charge in [-0.05, 0) is 47.1 Å². The summed E-state index contributed by atoms with van der Waals surface area (Å²) in [5.41, 5.74) is 3.54. The molecule has 1 aliphatic rings. The van der Waals surface area contributed by atoms with Gasteiger partial charge < -0.3 is 15.8 Å².